The molecule has 0 unspecified atom stereocenters. The molecule has 102 valence electrons. The number of likely N-dealkylation sites (tertiary alicyclic amines) is 1. The molecule has 1 aromatic carbocycles. The number of benzene rings is 1. The molecule has 0 bridgehead atoms. The number of halogens is 1. The second kappa shape index (κ2) is 7.31. The monoisotopic (exact) mass is 276 g/mol. The first-order chi connectivity index (χ1) is 9.28. The van der Waals surface area contributed by atoms with E-state index >= 15 is 0 Å². The van der Waals surface area contributed by atoms with Crippen molar-refractivity contribution in [2.24, 2.45) is 0 Å². The fourth-order valence-electron chi connectivity index (χ4n) is 2.21. The number of unbranched alkanes of at least 4 members (excludes halogenated alkanes) is 1. The van der Waals surface area contributed by atoms with Gasteiger partial charge in [0.1, 0.15) is 0 Å². The molecule has 1 aliphatic rings. The zero-order valence-electron chi connectivity index (χ0n) is 11.5. The first-order valence-electron chi connectivity index (χ1n) is 7.03. The third-order valence-corrected chi connectivity index (χ3v) is 3.57. The number of anilines is 1. The third kappa shape index (κ3) is 4.69. The second-order valence-electron chi connectivity index (χ2n) is 4.95. The van der Waals surface area contributed by atoms with Crippen molar-refractivity contribution in [1.82, 2.24) is 4.90 Å². The summed E-state index contributed by atoms with van der Waals surface area (Å²) >= 11 is 5.88. The maximum Gasteiger partial charge on any atom is 0.0407 e. The summed E-state index contributed by atoms with van der Waals surface area (Å²) < 4.78 is 0. The van der Waals surface area contributed by atoms with E-state index in [2.05, 4.69) is 29.1 Å². The highest BCUT2D eigenvalue weighted by atomic mass is 35.5. The highest BCUT2D eigenvalue weighted by Crippen LogP contribution is 2.18. The molecule has 1 fully saturated rings. The standard InChI is InChI=1S/C16H21ClN2/c1-2-3-4-11-19-12-9-16(10-13-19)18-15-7-5-14(17)6-8-15/h5-8,16,18H,2-3,9-10,12-13H2,1H3. The second-order valence-corrected chi connectivity index (χ2v) is 5.39. The Morgan fingerprint density at radius 1 is 1.26 bits per heavy atom. The van der Waals surface area contributed by atoms with E-state index in [0.29, 0.717) is 6.04 Å². The Morgan fingerprint density at radius 2 is 1.95 bits per heavy atom. The van der Waals surface area contributed by atoms with Crippen molar-refractivity contribution in [2.45, 2.75) is 38.6 Å². The van der Waals surface area contributed by atoms with E-state index in [1.807, 2.05) is 24.3 Å². The number of nitrogens with zero attached hydrogens (tertiary/aromatic N) is 1. The van der Waals surface area contributed by atoms with Crippen LogP contribution in [0.2, 0.25) is 5.02 Å². The van der Waals surface area contributed by atoms with Gasteiger partial charge in [-0.25, -0.2) is 0 Å². The van der Waals surface area contributed by atoms with Crippen LogP contribution in [0.3, 0.4) is 0 Å². The van der Waals surface area contributed by atoms with E-state index < -0.39 is 0 Å². The molecule has 1 aromatic rings. The zero-order valence-corrected chi connectivity index (χ0v) is 12.2. The molecular weight excluding hydrogens is 256 g/mol. The van der Waals surface area contributed by atoms with Crippen molar-refractivity contribution in [1.29, 1.82) is 0 Å². The molecule has 2 rings (SSSR count). The van der Waals surface area contributed by atoms with Crippen LogP contribution in [0.5, 0.6) is 0 Å². The predicted octanol–water partition coefficient (Wildman–Crippen LogP) is 3.98. The summed E-state index contributed by atoms with van der Waals surface area (Å²) in [6.45, 7) is 4.28. The fourth-order valence-corrected chi connectivity index (χ4v) is 2.34. The number of piperidine rings is 1. The smallest absolute Gasteiger partial charge is 0.0407 e. The van der Waals surface area contributed by atoms with Crippen LogP contribution in [-0.2, 0) is 0 Å². The van der Waals surface area contributed by atoms with Gasteiger partial charge in [0.05, 0.1) is 0 Å². The molecule has 2 nitrogen and oxygen atoms in total. The number of rotatable bonds is 3. The average Bonchev–Trinajstić information content (AvgIpc) is 2.44. The lowest BCUT2D eigenvalue weighted by molar-refractivity contribution is 0.309. The minimum Gasteiger partial charge on any atom is -0.382 e. The molecule has 1 saturated heterocycles. The van der Waals surface area contributed by atoms with Gasteiger partial charge in [-0.15, -0.1) is 0 Å². The largest absolute Gasteiger partial charge is 0.382 e. The molecule has 1 aliphatic heterocycles. The molecule has 0 atom stereocenters. The first-order valence-corrected chi connectivity index (χ1v) is 7.41. The summed E-state index contributed by atoms with van der Waals surface area (Å²) in [6.07, 6.45) is 4.43. The van der Waals surface area contributed by atoms with E-state index in [-0.39, 0.29) is 0 Å². The minimum atomic E-state index is 0.547. The Labute approximate surface area is 121 Å². The van der Waals surface area contributed by atoms with Gasteiger partial charge < -0.3 is 10.2 Å². The lowest BCUT2D eigenvalue weighted by Crippen LogP contribution is -2.36. The zero-order chi connectivity index (χ0) is 13.5. The van der Waals surface area contributed by atoms with E-state index in [4.69, 9.17) is 11.6 Å². The summed E-state index contributed by atoms with van der Waals surface area (Å²) in [4.78, 5) is 2.25. The lowest BCUT2D eigenvalue weighted by atomic mass is 10.1. The Balaban J connectivity index is 1.77. The molecule has 19 heavy (non-hydrogen) atoms. The average molecular weight is 277 g/mol. The van der Waals surface area contributed by atoms with E-state index in [0.717, 1.165) is 49.5 Å². The quantitative estimate of drug-likeness (QED) is 0.840. The predicted molar refractivity (Wildman–Crippen MR) is 82.4 cm³/mol. The van der Waals surface area contributed by atoms with Crippen LogP contribution in [0.25, 0.3) is 0 Å². The van der Waals surface area contributed by atoms with Crippen molar-refractivity contribution < 1.29 is 0 Å². The third-order valence-electron chi connectivity index (χ3n) is 3.32. The molecule has 1 N–H and O–H groups in total. The maximum atomic E-state index is 5.88. The highest BCUT2D eigenvalue weighted by molar-refractivity contribution is 6.30. The van der Waals surface area contributed by atoms with Crippen LogP contribution >= 0.6 is 11.6 Å². The fraction of sp³-hybridized carbons (Fsp3) is 0.500. The van der Waals surface area contributed by atoms with Gasteiger partial charge in [-0.2, -0.15) is 0 Å². The number of nitrogens with one attached hydrogen (secondary N) is 1. The van der Waals surface area contributed by atoms with Gasteiger partial charge in [0.2, 0.25) is 0 Å². The Bertz CT molecular complexity index is 436. The van der Waals surface area contributed by atoms with E-state index in [1.54, 1.807) is 0 Å². The molecule has 1 heterocycles. The molecule has 0 radical (unpaired) electrons. The van der Waals surface area contributed by atoms with Crippen molar-refractivity contribution in [3.63, 3.8) is 0 Å². The molecule has 3 heteroatoms. The van der Waals surface area contributed by atoms with Gasteiger partial charge in [-0.3, -0.25) is 0 Å². The summed E-state index contributed by atoms with van der Waals surface area (Å²) in [6, 6.07) is 11.7. The van der Waals surface area contributed by atoms with Crippen LogP contribution in [0.1, 0.15) is 32.6 Å². The number of hydrogen-bond donors (Lipinski definition) is 1. The lowest BCUT2D eigenvalue weighted by Gasteiger charge is -2.30. The Morgan fingerprint density at radius 3 is 2.58 bits per heavy atom. The van der Waals surface area contributed by atoms with Crippen LogP contribution in [0, 0.1) is 12.0 Å². The van der Waals surface area contributed by atoms with Gasteiger partial charge >= 0.3 is 0 Å². The maximum absolute atomic E-state index is 5.88. The summed E-state index contributed by atoms with van der Waals surface area (Å²) in [5.74, 6) is 3.22. The normalized spacial score (nSPS) is 15.8. The van der Waals surface area contributed by atoms with Crippen molar-refractivity contribution >= 4 is 17.3 Å². The molecule has 0 aliphatic carbocycles. The molecule has 0 amide bonds. The Kier molecular flexibility index (Phi) is 5.42. The minimum absolute atomic E-state index is 0.547. The van der Waals surface area contributed by atoms with Crippen molar-refractivity contribution in [3.05, 3.63) is 29.3 Å². The summed E-state index contributed by atoms with van der Waals surface area (Å²) in [5.41, 5.74) is 1.15. The van der Waals surface area contributed by atoms with Gasteiger partial charge in [-0.05, 0) is 43.5 Å². The SMILES string of the molecule is CCCC#CN1CCC(Nc2ccc(Cl)cc2)CC1. The molecule has 0 saturated carbocycles. The van der Waals surface area contributed by atoms with Crippen LogP contribution in [0.4, 0.5) is 5.69 Å². The molecular formula is C16H21ClN2. The molecule has 0 aromatic heterocycles. The first kappa shape index (κ1) is 14.1. The van der Waals surface area contributed by atoms with Crippen LogP contribution in [0.15, 0.2) is 24.3 Å². The topological polar surface area (TPSA) is 15.3 Å². The molecule has 0 spiro atoms. The van der Waals surface area contributed by atoms with Crippen LogP contribution in [-0.4, -0.2) is 24.0 Å². The van der Waals surface area contributed by atoms with Gasteiger partial charge in [-0.1, -0.05) is 24.4 Å². The highest BCUT2D eigenvalue weighted by Gasteiger charge is 2.16. The summed E-state index contributed by atoms with van der Waals surface area (Å²) in [7, 11) is 0. The van der Waals surface area contributed by atoms with Crippen molar-refractivity contribution in [3.8, 4) is 12.0 Å². The van der Waals surface area contributed by atoms with Crippen LogP contribution < -0.4 is 5.32 Å². The van der Waals surface area contributed by atoms with Gasteiger partial charge in [0.15, 0.2) is 0 Å². The number of hydrogen-bond acceptors (Lipinski definition) is 2. The summed E-state index contributed by atoms with van der Waals surface area (Å²) in [5, 5.41) is 4.35. The van der Waals surface area contributed by atoms with E-state index in [9.17, 15) is 0 Å². The van der Waals surface area contributed by atoms with Crippen molar-refractivity contribution in [2.75, 3.05) is 18.4 Å². The Hall–Kier alpha value is -1.33. The van der Waals surface area contributed by atoms with Gasteiger partial charge in [0.25, 0.3) is 0 Å². The van der Waals surface area contributed by atoms with Gasteiger partial charge in [0, 0.05) is 42.3 Å². The van der Waals surface area contributed by atoms with E-state index in [1.165, 1.54) is 0 Å².